The van der Waals surface area contributed by atoms with Crippen LogP contribution in [-0.4, -0.2) is 95.1 Å². The number of methoxy groups -OCH3 is 2. The summed E-state index contributed by atoms with van der Waals surface area (Å²) in [7, 11) is 1.69. The number of aromatic nitrogens is 3. The lowest BCUT2D eigenvalue weighted by Gasteiger charge is -2.33. The predicted octanol–water partition coefficient (Wildman–Crippen LogP) is 3.58. The first-order valence-corrected chi connectivity index (χ1v) is 15.1. The molecule has 0 atom stereocenters. The van der Waals surface area contributed by atoms with Gasteiger partial charge in [0.15, 0.2) is 0 Å². The van der Waals surface area contributed by atoms with Crippen molar-refractivity contribution in [3.8, 4) is 22.8 Å². The number of hydrogen-bond acceptors (Lipinski definition) is 11. The molecule has 0 amide bonds. The van der Waals surface area contributed by atoms with Crippen molar-refractivity contribution in [3.05, 3.63) is 60.9 Å². The van der Waals surface area contributed by atoms with E-state index in [1.54, 1.807) is 26.5 Å². The van der Waals surface area contributed by atoms with Gasteiger partial charge in [-0.15, -0.1) is 0 Å². The van der Waals surface area contributed by atoms with E-state index in [1.807, 2.05) is 53.6 Å². The fourth-order valence-electron chi connectivity index (χ4n) is 4.70. The van der Waals surface area contributed by atoms with Gasteiger partial charge in [-0.1, -0.05) is 0 Å². The molecule has 41 heavy (non-hydrogen) atoms. The Bertz CT molecular complexity index is 1590. The third kappa shape index (κ3) is 7.02. The van der Waals surface area contributed by atoms with Crippen molar-refractivity contribution in [3.63, 3.8) is 0 Å². The second kappa shape index (κ2) is 12.2. The molecule has 0 aliphatic carbocycles. The molecule has 2 aromatic heterocycles. The summed E-state index contributed by atoms with van der Waals surface area (Å²) in [6.07, 6.45) is 4.62. The highest BCUT2D eigenvalue weighted by atomic mass is 32.2. The van der Waals surface area contributed by atoms with Crippen LogP contribution in [0.2, 0.25) is 0 Å². The van der Waals surface area contributed by atoms with Gasteiger partial charge in [0.1, 0.15) is 17.3 Å². The van der Waals surface area contributed by atoms with E-state index in [1.165, 1.54) is 0 Å². The van der Waals surface area contributed by atoms with Crippen LogP contribution in [0.1, 0.15) is 0 Å². The van der Waals surface area contributed by atoms with Gasteiger partial charge in [-0.25, -0.2) is 9.97 Å². The smallest absolute Gasteiger partial charge is 0.264 e. The van der Waals surface area contributed by atoms with Gasteiger partial charge < -0.3 is 24.2 Å². The summed E-state index contributed by atoms with van der Waals surface area (Å²) in [4.78, 5) is 20.8. The fourth-order valence-corrected chi connectivity index (χ4v) is 5.08. The van der Waals surface area contributed by atoms with Crippen molar-refractivity contribution < 1.29 is 22.1 Å². The van der Waals surface area contributed by atoms with Crippen LogP contribution in [0.4, 0.5) is 17.2 Å². The van der Waals surface area contributed by atoms with Gasteiger partial charge in [-0.2, -0.15) is 8.42 Å². The molecule has 3 heterocycles. The molecular formula is C29H34N6O5S. The third-order valence-corrected chi connectivity index (χ3v) is 7.56. The zero-order valence-corrected chi connectivity index (χ0v) is 24.5. The Kier molecular flexibility index (Phi) is 8.52. The summed E-state index contributed by atoms with van der Waals surface area (Å²) in [5.41, 5.74) is 4.52. The highest BCUT2D eigenvalue weighted by molar-refractivity contribution is 7.85. The van der Waals surface area contributed by atoms with Crippen LogP contribution in [0.15, 0.2) is 60.9 Å². The minimum absolute atomic E-state index is 0.0482. The normalized spacial score (nSPS) is 14.3. The van der Waals surface area contributed by atoms with Crippen molar-refractivity contribution in [1.29, 1.82) is 0 Å². The highest BCUT2D eigenvalue weighted by Crippen LogP contribution is 2.34. The Balaban J connectivity index is 1.46. The quantitative estimate of drug-likeness (QED) is 0.258. The Morgan fingerprint density at radius 2 is 1.59 bits per heavy atom. The van der Waals surface area contributed by atoms with Gasteiger partial charge in [0.25, 0.3) is 10.1 Å². The Morgan fingerprint density at radius 1 is 0.854 bits per heavy atom. The lowest BCUT2D eigenvalue weighted by molar-refractivity contribution is 0.312. The van der Waals surface area contributed by atoms with E-state index >= 15 is 0 Å². The van der Waals surface area contributed by atoms with E-state index in [4.69, 9.17) is 23.6 Å². The van der Waals surface area contributed by atoms with E-state index in [0.717, 1.165) is 60.7 Å². The molecule has 0 N–H and O–H groups in total. The summed E-state index contributed by atoms with van der Waals surface area (Å²) in [5.74, 6) is 2.16. The molecule has 12 heteroatoms. The minimum atomic E-state index is -3.60. The average Bonchev–Trinajstić information content (AvgIpc) is 2.98. The third-order valence-electron chi connectivity index (χ3n) is 6.97. The van der Waals surface area contributed by atoms with E-state index in [0.29, 0.717) is 22.7 Å². The standard InChI is InChI=1S/C29H34N6O5S/c1-33-9-11-34(12-10-33)29-8-5-21(19-31-29)28-20-30-26-7-6-22(17-27(26)32-28)35(13-14-40-41(4,36)37)23-15-24(38-2)18-25(16-23)39-3/h5-8,15-20H,9-14H2,1-4H3. The minimum Gasteiger partial charge on any atom is -0.497 e. The summed E-state index contributed by atoms with van der Waals surface area (Å²) < 4.78 is 39.3. The molecule has 5 rings (SSSR count). The monoisotopic (exact) mass is 578 g/mol. The number of ether oxygens (including phenoxy) is 2. The summed E-state index contributed by atoms with van der Waals surface area (Å²) >= 11 is 0. The number of hydrogen-bond donors (Lipinski definition) is 0. The second-order valence-corrected chi connectivity index (χ2v) is 11.5. The number of rotatable bonds is 10. The van der Waals surface area contributed by atoms with Crippen LogP contribution in [0, 0.1) is 0 Å². The highest BCUT2D eigenvalue weighted by Gasteiger charge is 2.17. The Labute approximate surface area is 240 Å². The maximum atomic E-state index is 11.6. The SMILES string of the molecule is COc1cc(OC)cc(N(CCOS(C)(=O)=O)c2ccc3ncc(-c4ccc(N5CCN(C)CC5)nc4)nc3c2)c1. The zero-order chi connectivity index (χ0) is 29.0. The van der Waals surface area contributed by atoms with Gasteiger partial charge in [-0.3, -0.25) is 9.17 Å². The molecule has 0 bridgehead atoms. The zero-order valence-electron chi connectivity index (χ0n) is 23.6. The second-order valence-electron chi connectivity index (χ2n) is 9.87. The van der Waals surface area contributed by atoms with Crippen molar-refractivity contribution in [2.75, 3.05) is 76.7 Å². The molecule has 0 spiro atoms. The van der Waals surface area contributed by atoms with Crippen LogP contribution >= 0.6 is 0 Å². The lowest BCUT2D eigenvalue weighted by Crippen LogP contribution is -2.44. The van der Waals surface area contributed by atoms with Crippen molar-refractivity contribution in [1.82, 2.24) is 19.9 Å². The molecule has 1 saturated heterocycles. The molecule has 0 radical (unpaired) electrons. The predicted molar refractivity (Wildman–Crippen MR) is 160 cm³/mol. The first-order chi connectivity index (χ1) is 19.7. The topological polar surface area (TPSA) is 110 Å². The molecule has 4 aromatic rings. The number of benzene rings is 2. The molecule has 11 nitrogen and oxygen atoms in total. The molecule has 2 aromatic carbocycles. The van der Waals surface area contributed by atoms with E-state index in [2.05, 4.69) is 21.8 Å². The molecule has 1 fully saturated rings. The first-order valence-electron chi connectivity index (χ1n) is 13.2. The molecule has 1 aliphatic rings. The lowest BCUT2D eigenvalue weighted by atomic mass is 10.1. The van der Waals surface area contributed by atoms with Crippen LogP contribution < -0.4 is 19.3 Å². The van der Waals surface area contributed by atoms with E-state index in [9.17, 15) is 8.42 Å². The van der Waals surface area contributed by atoms with Crippen LogP contribution in [-0.2, 0) is 14.3 Å². The van der Waals surface area contributed by atoms with Gasteiger partial charge in [-0.05, 0) is 37.4 Å². The Morgan fingerprint density at radius 3 is 2.22 bits per heavy atom. The molecule has 1 aliphatic heterocycles. The molecule has 0 saturated carbocycles. The average molecular weight is 579 g/mol. The number of nitrogens with zero attached hydrogens (tertiary/aromatic N) is 6. The van der Waals surface area contributed by atoms with Gasteiger partial charge in [0.05, 0.1) is 50.0 Å². The summed E-state index contributed by atoms with van der Waals surface area (Å²) in [6.45, 7) is 4.13. The Hall–Kier alpha value is -4.00. The number of fused-ring (bicyclic) bond motifs is 1. The number of anilines is 3. The fraction of sp³-hybridized carbons (Fsp3) is 0.345. The maximum Gasteiger partial charge on any atom is 0.264 e. The molecule has 0 unspecified atom stereocenters. The number of pyridine rings is 1. The summed E-state index contributed by atoms with van der Waals surface area (Å²) in [5, 5.41) is 0. The van der Waals surface area contributed by atoms with E-state index < -0.39 is 10.1 Å². The number of likely N-dealkylation sites (N-methyl/N-ethyl adjacent to an activating group) is 1. The van der Waals surface area contributed by atoms with Crippen LogP contribution in [0.25, 0.3) is 22.3 Å². The van der Waals surface area contributed by atoms with Crippen molar-refractivity contribution in [2.45, 2.75) is 0 Å². The van der Waals surface area contributed by atoms with Gasteiger partial charge in [0.2, 0.25) is 0 Å². The summed E-state index contributed by atoms with van der Waals surface area (Å²) in [6, 6.07) is 15.2. The first kappa shape index (κ1) is 28.5. The number of piperazine rings is 1. The van der Waals surface area contributed by atoms with Crippen LogP contribution in [0.3, 0.4) is 0 Å². The van der Waals surface area contributed by atoms with Crippen molar-refractivity contribution in [2.24, 2.45) is 0 Å². The molecule has 216 valence electrons. The van der Waals surface area contributed by atoms with Crippen LogP contribution in [0.5, 0.6) is 11.5 Å². The molecular weight excluding hydrogens is 544 g/mol. The van der Waals surface area contributed by atoms with Gasteiger partial charge in [0, 0.05) is 74.1 Å². The maximum absolute atomic E-state index is 11.6. The van der Waals surface area contributed by atoms with Crippen molar-refractivity contribution >= 4 is 38.3 Å². The largest absolute Gasteiger partial charge is 0.497 e. The van der Waals surface area contributed by atoms with Gasteiger partial charge >= 0.3 is 0 Å². The van der Waals surface area contributed by atoms with E-state index in [-0.39, 0.29) is 13.2 Å².